The molecular weight excluding hydrogens is 271 g/mol. The van der Waals surface area contributed by atoms with Crippen LogP contribution in [0.1, 0.15) is 5.69 Å². The second-order valence-corrected chi connectivity index (χ2v) is 5.15. The number of aromatic nitrogens is 1. The summed E-state index contributed by atoms with van der Waals surface area (Å²) in [6.07, 6.45) is -3.90. The normalized spacial score (nSPS) is 12.7. The Balaban J connectivity index is 2.85. The number of rotatable bonds is 5. The van der Waals surface area contributed by atoms with Crippen LogP contribution in [0.4, 0.5) is 13.2 Å². The standard InChI is InChI=1S/C9H12F3N3O2S/c1-13-4-5-15-18(16,17)7-2-3-8(14-6-7)9(10,11)12/h2-3,6,13,15H,4-5H2,1H3. The summed E-state index contributed by atoms with van der Waals surface area (Å²) in [5.41, 5.74) is -1.13. The van der Waals surface area contributed by atoms with Crippen LogP contribution >= 0.6 is 0 Å². The van der Waals surface area contributed by atoms with Gasteiger partial charge in [-0.2, -0.15) is 13.2 Å². The van der Waals surface area contributed by atoms with Gasteiger partial charge in [0.2, 0.25) is 10.0 Å². The minimum absolute atomic E-state index is 0.139. The highest BCUT2D eigenvalue weighted by atomic mass is 32.2. The van der Waals surface area contributed by atoms with Crippen LogP contribution in [-0.4, -0.2) is 33.5 Å². The van der Waals surface area contributed by atoms with Gasteiger partial charge in [0.05, 0.1) is 0 Å². The van der Waals surface area contributed by atoms with E-state index in [4.69, 9.17) is 0 Å². The van der Waals surface area contributed by atoms with Gasteiger partial charge in [-0.3, -0.25) is 4.98 Å². The summed E-state index contributed by atoms with van der Waals surface area (Å²) in [6.45, 7) is 0.549. The molecule has 0 amide bonds. The maximum atomic E-state index is 12.2. The quantitative estimate of drug-likeness (QED) is 0.776. The molecule has 1 heterocycles. The first-order valence-corrected chi connectivity index (χ1v) is 6.43. The number of hydrogen-bond acceptors (Lipinski definition) is 4. The van der Waals surface area contributed by atoms with E-state index in [9.17, 15) is 21.6 Å². The van der Waals surface area contributed by atoms with Crippen molar-refractivity contribution in [2.75, 3.05) is 20.1 Å². The van der Waals surface area contributed by atoms with Crippen molar-refractivity contribution >= 4 is 10.0 Å². The van der Waals surface area contributed by atoms with Crippen LogP contribution in [0, 0.1) is 0 Å². The lowest BCUT2D eigenvalue weighted by molar-refractivity contribution is -0.141. The highest BCUT2D eigenvalue weighted by Crippen LogP contribution is 2.27. The number of hydrogen-bond donors (Lipinski definition) is 2. The molecule has 0 aliphatic heterocycles. The van der Waals surface area contributed by atoms with Crippen LogP contribution in [0.5, 0.6) is 0 Å². The Hall–Kier alpha value is -1.19. The van der Waals surface area contributed by atoms with E-state index in [2.05, 4.69) is 15.0 Å². The Labute approximate surface area is 102 Å². The van der Waals surface area contributed by atoms with Gasteiger partial charge in [-0.1, -0.05) is 0 Å². The van der Waals surface area contributed by atoms with Crippen LogP contribution < -0.4 is 10.0 Å². The second kappa shape index (κ2) is 5.63. The Morgan fingerprint density at radius 2 is 1.94 bits per heavy atom. The molecule has 1 aromatic rings. The summed E-state index contributed by atoms with van der Waals surface area (Å²) in [7, 11) is -2.17. The zero-order chi connectivity index (χ0) is 13.8. The van der Waals surface area contributed by atoms with Crippen molar-refractivity contribution in [2.45, 2.75) is 11.1 Å². The topological polar surface area (TPSA) is 71.1 Å². The van der Waals surface area contributed by atoms with Gasteiger partial charge in [-0.25, -0.2) is 13.1 Å². The van der Waals surface area contributed by atoms with Gasteiger partial charge in [0, 0.05) is 19.3 Å². The molecule has 0 saturated carbocycles. The third-order valence-corrected chi connectivity index (χ3v) is 3.45. The maximum Gasteiger partial charge on any atom is 0.433 e. The first-order chi connectivity index (χ1) is 8.27. The summed E-state index contributed by atoms with van der Waals surface area (Å²) in [5.74, 6) is 0. The van der Waals surface area contributed by atoms with E-state index >= 15 is 0 Å². The molecule has 0 saturated heterocycles. The number of pyridine rings is 1. The Morgan fingerprint density at radius 3 is 2.39 bits per heavy atom. The zero-order valence-corrected chi connectivity index (χ0v) is 10.3. The van der Waals surface area contributed by atoms with E-state index in [1.54, 1.807) is 7.05 Å². The number of nitrogens with one attached hydrogen (secondary N) is 2. The highest BCUT2D eigenvalue weighted by molar-refractivity contribution is 7.89. The molecular formula is C9H12F3N3O2S. The van der Waals surface area contributed by atoms with Gasteiger partial charge in [-0.15, -0.1) is 0 Å². The van der Waals surface area contributed by atoms with Crippen LogP contribution in [0.15, 0.2) is 23.2 Å². The van der Waals surface area contributed by atoms with Crippen molar-refractivity contribution in [2.24, 2.45) is 0 Å². The third kappa shape index (κ3) is 3.93. The van der Waals surface area contributed by atoms with E-state index in [1.807, 2.05) is 0 Å². The average molecular weight is 283 g/mol. The lowest BCUT2D eigenvalue weighted by Gasteiger charge is -2.08. The van der Waals surface area contributed by atoms with Gasteiger partial charge >= 0.3 is 6.18 Å². The van der Waals surface area contributed by atoms with Crippen LogP contribution in [-0.2, 0) is 16.2 Å². The molecule has 0 aromatic carbocycles. The molecule has 0 aliphatic carbocycles. The molecule has 1 aromatic heterocycles. The largest absolute Gasteiger partial charge is 0.433 e. The van der Waals surface area contributed by atoms with Crippen LogP contribution in [0.3, 0.4) is 0 Å². The monoisotopic (exact) mass is 283 g/mol. The third-order valence-electron chi connectivity index (χ3n) is 2.00. The predicted molar refractivity (Wildman–Crippen MR) is 58.4 cm³/mol. The zero-order valence-electron chi connectivity index (χ0n) is 9.45. The van der Waals surface area contributed by atoms with Crippen molar-refractivity contribution in [3.63, 3.8) is 0 Å². The predicted octanol–water partition coefficient (Wildman–Crippen LogP) is 0.598. The fraction of sp³-hybridized carbons (Fsp3) is 0.444. The summed E-state index contributed by atoms with van der Waals surface area (Å²) in [4.78, 5) is 2.79. The fourth-order valence-electron chi connectivity index (χ4n) is 1.10. The molecule has 0 aliphatic rings. The molecule has 0 spiro atoms. The lowest BCUT2D eigenvalue weighted by atomic mass is 10.3. The molecule has 0 radical (unpaired) electrons. The molecule has 2 N–H and O–H groups in total. The Kier molecular flexibility index (Phi) is 4.65. The highest BCUT2D eigenvalue weighted by Gasteiger charge is 2.32. The average Bonchev–Trinajstić information content (AvgIpc) is 2.28. The van der Waals surface area contributed by atoms with Crippen LogP contribution in [0.25, 0.3) is 0 Å². The van der Waals surface area contributed by atoms with Gasteiger partial charge < -0.3 is 5.32 Å². The Morgan fingerprint density at radius 1 is 1.28 bits per heavy atom. The first-order valence-electron chi connectivity index (χ1n) is 4.95. The number of sulfonamides is 1. The smallest absolute Gasteiger partial charge is 0.318 e. The van der Waals surface area contributed by atoms with Crippen LogP contribution in [0.2, 0.25) is 0 Å². The minimum atomic E-state index is -4.58. The van der Waals surface area contributed by atoms with E-state index < -0.39 is 21.9 Å². The number of nitrogens with zero attached hydrogens (tertiary/aromatic N) is 1. The summed E-state index contributed by atoms with van der Waals surface area (Å²) in [6, 6.07) is 1.50. The molecule has 0 atom stereocenters. The molecule has 0 bridgehead atoms. The second-order valence-electron chi connectivity index (χ2n) is 3.38. The van der Waals surface area contributed by atoms with E-state index in [1.165, 1.54) is 0 Å². The van der Waals surface area contributed by atoms with Crippen molar-refractivity contribution in [3.05, 3.63) is 24.0 Å². The number of likely N-dealkylation sites (N-methyl/N-ethyl adjacent to an activating group) is 1. The van der Waals surface area contributed by atoms with Crippen molar-refractivity contribution in [1.82, 2.24) is 15.0 Å². The van der Waals surface area contributed by atoms with E-state index in [0.29, 0.717) is 18.8 Å². The molecule has 18 heavy (non-hydrogen) atoms. The van der Waals surface area contributed by atoms with Crippen molar-refractivity contribution in [1.29, 1.82) is 0 Å². The molecule has 0 unspecified atom stereocenters. The van der Waals surface area contributed by atoms with Crippen molar-refractivity contribution < 1.29 is 21.6 Å². The fourth-order valence-corrected chi connectivity index (χ4v) is 2.08. The number of halogens is 3. The SMILES string of the molecule is CNCCNS(=O)(=O)c1ccc(C(F)(F)F)nc1. The Bertz CT molecular complexity index is 485. The maximum absolute atomic E-state index is 12.2. The van der Waals surface area contributed by atoms with E-state index in [-0.39, 0.29) is 11.4 Å². The summed E-state index contributed by atoms with van der Waals surface area (Å²) >= 11 is 0. The summed E-state index contributed by atoms with van der Waals surface area (Å²) < 4.78 is 62.1. The van der Waals surface area contributed by atoms with Gasteiger partial charge in [0.1, 0.15) is 10.6 Å². The lowest BCUT2D eigenvalue weighted by Crippen LogP contribution is -2.30. The van der Waals surface area contributed by atoms with Gasteiger partial charge in [0.15, 0.2) is 0 Å². The van der Waals surface area contributed by atoms with E-state index in [0.717, 1.165) is 6.07 Å². The van der Waals surface area contributed by atoms with Gasteiger partial charge in [0.25, 0.3) is 0 Å². The molecule has 102 valence electrons. The molecule has 1 rings (SSSR count). The molecule has 5 nitrogen and oxygen atoms in total. The molecule has 0 fully saturated rings. The molecule has 9 heteroatoms. The van der Waals surface area contributed by atoms with Gasteiger partial charge in [-0.05, 0) is 19.2 Å². The first kappa shape index (κ1) is 14.9. The summed E-state index contributed by atoms with van der Waals surface area (Å²) in [5, 5.41) is 2.73. The minimum Gasteiger partial charge on any atom is -0.318 e. The number of alkyl halides is 3. The van der Waals surface area contributed by atoms with Crippen molar-refractivity contribution in [3.8, 4) is 0 Å².